The monoisotopic (exact) mass is 325 g/mol. The van der Waals surface area contributed by atoms with Crippen molar-refractivity contribution in [2.45, 2.75) is 112 Å². The molecule has 0 radical (unpaired) electrons. The van der Waals surface area contributed by atoms with Crippen molar-refractivity contribution in [3.63, 3.8) is 0 Å². The molecule has 0 aliphatic carbocycles. The minimum absolute atomic E-state index is 0.148. The Balaban J connectivity index is 4.43. The average Bonchev–Trinajstić information content (AvgIpc) is 2.52. The summed E-state index contributed by atoms with van der Waals surface area (Å²) < 4.78 is 0. The Morgan fingerprint density at radius 1 is 0.826 bits per heavy atom. The summed E-state index contributed by atoms with van der Waals surface area (Å²) in [6, 6.07) is 0. The van der Waals surface area contributed by atoms with E-state index in [9.17, 15) is 4.79 Å². The molecule has 0 fully saturated rings. The van der Waals surface area contributed by atoms with Gasteiger partial charge in [-0.05, 0) is 33.6 Å². The second-order valence-electron chi connectivity index (χ2n) is 7.31. The van der Waals surface area contributed by atoms with E-state index in [0.717, 1.165) is 31.4 Å². The number of carbonyl (C=O) groups excluding carboxylic acids is 1. The summed E-state index contributed by atoms with van der Waals surface area (Å²) in [6.45, 7) is 10.2. The highest BCUT2D eigenvalue weighted by molar-refractivity contribution is 5.81. The van der Waals surface area contributed by atoms with Gasteiger partial charge in [-0.15, -0.1) is 0 Å². The fourth-order valence-electron chi connectivity index (χ4n) is 2.81. The molecule has 0 amide bonds. The van der Waals surface area contributed by atoms with E-state index >= 15 is 0 Å². The summed E-state index contributed by atoms with van der Waals surface area (Å²) in [5.74, 6) is -0.148. The molecule has 136 valence electrons. The van der Waals surface area contributed by atoms with Crippen LogP contribution in [0.15, 0.2) is 5.16 Å². The predicted octanol–water partition coefficient (Wildman–Crippen LogP) is 6.65. The number of nitrogens with zero attached hydrogens (tertiary/aromatic N) is 1. The van der Waals surface area contributed by atoms with Crippen LogP contribution in [0, 0.1) is 5.41 Å². The van der Waals surface area contributed by atoms with Gasteiger partial charge in [0.1, 0.15) is 0 Å². The van der Waals surface area contributed by atoms with Crippen molar-refractivity contribution < 1.29 is 9.63 Å². The number of carbonyl (C=O) groups is 1. The maximum Gasteiger partial charge on any atom is 0.340 e. The quantitative estimate of drug-likeness (QED) is 0.155. The molecule has 3 heteroatoms. The van der Waals surface area contributed by atoms with Gasteiger partial charge in [-0.2, -0.15) is 0 Å². The van der Waals surface area contributed by atoms with Crippen LogP contribution in [0.5, 0.6) is 0 Å². The molecule has 0 aromatic carbocycles. The number of hydrogen-bond donors (Lipinski definition) is 0. The Kier molecular flexibility index (Phi) is 13.1. The molecule has 3 nitrogen and oxygen atoms in total. The van der Waals surface area contributed by atoms with E-state index < -0.39 is 0 Å². The fourth-order valence-corrected chi connectivity index (χ4v) is 2.81. The van der Waals surface area contributed by atoms with Crippen molar-refractivity contribution in [2.24, 2.45) is 10.6 Å². The van der Waals surface area contributed by atoms with Crippen LogP contribution in [0.1, 0.15) is 112 Å². The molecule has 0 heterocycles. The minimum Gasteiger partial charge on any atom is -0.318 e. The smallest absolute Gasteiger partial charge is 0.318 e. The Bertz CT molecular complexity index is 319. The van der Waals surface area contributed by atoms with Crippen LogP contribution in [-0.2, 0) is 9.63 Å². The van der Waals surface area contributed by atoms with Crippen LogP contribution < -0.4 is 0 Å². The Morgan fingerprint density at radius 2 is 1.26 bits per heavy atom. The minimum atomic E-state index is -0.378. The lowest BCUT2D eigenvalue weighted by Crippen LogP contribution is -2.29. The van der Waals surface area contributed by atoms with Crippen LogP contribution in [0.4, 0.5) is 0 Å². The van der Waals surface area contributed by atoms with Gasteiger partial charge in [0, 0.05) is 0 Å². The van der Waals surface area contributed by atoms with Gasteiger partial charge >= 0.3 is 5.97 Å². The normalized spacial score (nSPS) is 11.3. The van der Waals surface area contributed by atoms with Crippen LogP contribution in [0.3, 0.4) is 0 Å². The van der Waals surface area contributed by atoms with Crippen molar-refractivity contribution in [1.82, 2.24) is 0 Å². The molecule has 0 bridgehead atoms. The third-order valence-corrected chi connectivity index (χ3v) is 4.47. The Labute approximate surface area is 144 Å². The lowest BCUT2D eigenvalue weighted by molar-refractivity contribution is -0.156. The largest absolute Gasteiger partial charge is 0.340 e. The van der Waals surface area contributed by atoms with E-state index in [0.29, 0.717) is 0 Å². The first-order chi connectivity index (χ1) is 11.0. The molecular formula is C20H39NO2. The molecule has 0 saturated carbocycles. The van der Waals surface area contributed by atoms with Gasteiger partial charge in [-0.1, -0.05) is 83.2 Å². The maximum atomic E-state index is 12.5. The second kappa shape index (κ2) is 13.6. The van der Waals surface area contributed by atoms with Crippen LogP contribution in [-0.4, -0.2) is 11.7 Å². The highest BCUT2D eigenvalue weighted by Gasteiger charge is 2.34. The van der Waals surface area contributed by atoms with Gasteiger partial charge in [0.15, 0.2) is 0 Å². The van der Waals surface area contributed by atoms with E-state index in [2.05, 4.69) is 25.9 Å². The van der Waals surface area contributed by atoms with Gasteiger partial charge in [0.25, 0.3) is 0 Å². The number of unbranched alkanes of at least 4 members (excludes halogenated alkanes) is 8. The Morgan fingerprint density at radius 3 is 1.65 bits per heavy atom. The van der Waals surface area contributed by atoms with E-state index in [1.165, 1.54) is 51.4 Å². The molecule has 0 saturated heterocycles. The third kappa shape index (κ3) is 11.3. The SMILES string of the molecule is CCCCCCCC(C)(CCCCCCC)C(=O)ON=C(C)C. The molecule has 0 spiro atoms. The lowest BCUT2D eigenvalue weighted by Gasteiger charge is -2.26. The summed E-state index contributed by atoms with van der Waals surface area (Å²) in [4.78, 5) is 17.7. The van der Waals surface area contributed by atoms with Crippen molar-refractivity contribution in [3.05, 3.63) is 0 Å². The summed E-state index contributed by atoms with van der Waals surface area (Å²) in [6.07, 6.45) is 14.1. The molecule has 0 aliphatic rings. The van der Waals surface area contributed by atoms with E-state index in [1.807, 2.05) is 13.8 Å². The van der Waals surface area contributed by atoms with E-state index in [4.69, 9.17) is 4.84 Å². The second-order valence-corrected chi connectivity index (χ2v) is 7.31. The topological polar surface area (TPSA) is 38.7 Å². The first-order valence-corrected chi connectivity index (χ1v) is 9.69. The zero-order valence-electron chi connectivity index (χ0n) is 16.2. The molecule has 23 heavy (non-hydrogen) atoms. The van der Waals surface area contributed by atoms with Crippen LogP contribution in [0.2, 0.25) is 0 Å². The van der Waals surface area contributed by atoms with E-state index in [1.54, 1.807) is 0 Å². The molecule has 0 aliphatic heterocycles. The van der Waals surface area contributed by atoms with E-state index in [-0.39, 0.29) is 11.4 Å². The fraction of sp³-hybridized carbons (Fsp3) is 0.900. The molecule has 0 aromatic rings. The first kappa shape index (κ1) is 22.1. The van der Waals surface area contributed by atoms with Crippen LogP contribution >= 0.6 is 0 Å². The highest BCUT2D eigenvalue weighted by Crippen LogP contribution is 2.33. The third-order valence-electron chi connectivity index (χ3n) is 4.47. The zero-order valence-corrected chi connectivity index (χ0v) is 16.2. The van der Waals surface area contributed by atoms with Crippen molar-refractivity contribution in [2.75, 3.05) is 0 Å². The van der Waals surface area contributed by atoms with Gasteiger partial charge in [0.05, 0.1) is 11.1 Å². The molecule has 0 aromatic heterocycles. The summed E-state index contributed by atoms with van der Waals surface area (Å²) in [7, 11) is 0. The lowest BCUT2D eigenvalue weighted by atomic mass is 9.79. The first-order valence-electron chi connectivity index (χ1n) is 9.69. The van der Waals surface area contributed by atoms with Crippen molar-refractivity contribution >= 4 is 11.7 Å². The van der Waals surface area contributed by atoms with Gasteiger partial charge < -0.3 is 4.84 Å². The standard InChI is InChI=1S/C20H39NO2/c1-6-8-10-12-14-16-20(5,17-15-13-11-9-7-2)19(22)23-21-18(3)4/h6-17H2,1-5H3. The molecule has 0 atom stereocenters. The summed E-state index contributed by atoms with van der Waals surface area (Å²) in [5.41, 5.74) is 0.406. The van der Waals surface area contributed by atoms with Gasteiger partial charge in [0.2, 0.25) is 0 Å². The number of hydrogen-bond acceptors (Lipinski definition) is 3. The summed E-state index contributed by atoms with van der Waals surface area (Å²) in [5, 5.41) is 3.87. The number of oxime groups is 1. The summed E-state index contributed by atoms with van der Waals surface area (Å²) >= 11 is 0. The predicted molar refractivity (Wildman–Crippen MR) is 99.7 cm³/mol. The van der Waals surface area contributed by atoms with Crippen molar-refractivity contribution in [1.29, 1.82) is 0 Å². The Hall–Kier alpha value is -0.860. The van der Waals surface area contributed by atoms with Gasteiger partial charge in [-0.3, -0.25) is 0 Å². The molecule has 0 rings (SSSR count). The van der Waals surface area contributed by atoms with Crippen LogP contribution in [0.25, 0.3) is 0 Å². The zero-order chi connectivity index (χ0) is 17.6. The molecular weight excluding hydrogens is 286 g/mol. The van der Waals surface area contributed by atoms with Crippen molar-refractivity contribution in [3.8, 4) is 0 Å². The van der Waals surface area contributed by atoms with Gasteiger partial charge in [-0.25, -0.2) is 4.79 Å². The molecule has 0 N–H and O–H groups in total. The maximum absolute atomic E-state index is 12.5. The molecule has 0 unspecified atom stereocenters. The number of rotatable bonds is 14. The highest BCUT2D eigenvalue weighted by atomic mass is 16.7. The average molecular weight is 326 g/mol.